The molecule has 2 rings (SSSR count). The van der Waals surface area contributed by atoms with Gasteiger partial charge in [0.05, 0.1) is 16.1 Å². The summed E-state index contributed by atoms with van der Waals surface area (Å²) in [6.07, 6.45) is 0.0723. The van der Waals surface area contributed by atoms with Crippen LogP contribution in [-0.4, -0.2) is 10.1 Å². The van der Waals surface area contributed by atoms with Gasteiger partial charge in [-0.15, -0.1) is 22.7 Å². The first-order valence-corrected chi connectivity index (χ1v) is 6.62. The Balaban J connectivity index is 2.06. The first-order valence-electron chi connectivity index (χ1n) is 4.48. The van der Waals surface area contributed by atoms with Gasteiger partial charge >= 0.3 is 0 Å². The number of rotatable bonds is 3. The van der Waals surface area contributed by atoms with Gasteiger partial charge in [0.25, 0.3) is 0 Å². The fraction of sp³-hybridized carbons (Fsp3) is 0.300. The summed E-state index contributed by atoms with van der Waals surface area (Å²) in [5, 5.41) is 15.4. The number of aryl methyl sites for hydroxylation is 1. The van der Waals surface area contributed by atoms with Crippen LogP contribution in [0.3, 0.4) is 0 Å². The van der Waals surface area contributed by atoms with Gasteiger partial charge in [-0.2, -0.15) is 0 Å². The molecule has 80 valence electrons. The van der Waals surface area contributed by atoms with Crippen LogP contribution in [0.25, 0.3) is 0 Å². The van der Waals surface area contributed by atoms with E-state index in [0.717, 1.165) is 15.6 Å². The van der Waals surface area contributed by atoms with Crippen molar-refractivity contribution in [3.05, 3.63) is 37.4 Å². The van der Waals surface area contributed by atoms with Crippen LogP contribution in [-0.2, 0) is 6.42 Å². The summed E-state index contributed by atoms with van der Waals surface area (Å²) < 4.78 is 0. The summed E-state index contributed by atoms with van der Waals surface area (Å²) in [5.74, 6) is 0. The van der Waals surface area contributed by atoms with Crippen molar-refractivity contribution in [3.63, 3.8) is 0 Å². The SMILES string of the molecule is Cc1csc(CC(O)c2cc(Cl)cs2)n1. The minimum atomic E-state index is -0.493. The number of aliphatic hydroxyl groups excluding tert-OH is 1. The van der Waals surface area contributed by atoms with Gasteiger partial charge in [-0.3, -0.25) is 0 Å². The molecule has 2 aromatic rings. The maximum Gasteiger partial charge on any atom is 0.0957 e. The highest BCUT2D eigenvalue weighted by Crippen LogP contribution is 2.28. The van der Waals surface area contributed by atoms with Crippen molar-refractivity contribution < 1.29 is 5.11 Å². The Morgan fingerprint density at radius 2 is 2.27 bits per heavy atom. The van der Waals surface area contributed by atoms with Crippen LogP contribution in [0, 0.1) is 6.92 Å². The van der Waals surface area contributed by atoms with Gasteiger partial charge in [0.2, 0.25) is 0 Å². The fourth-order valence-electron chi connectivity index (χ4n) is 1.27. The summed E-state index contributed by atoms with van der Waals surface area (Å²) in [5.41, 5.74) is 1.01. The normalized spacial score (nSPS) is 13.0. The van der Waals surface area contributed by atoms with Gasteiger partial charge in [-0.25, -0.2) is 4.98 Å². The quantitative estimate of drug-likeness (QED) is 0.916. The zero-order valence-corrected chi connectivity index (χ0v) is 10.5. The Labute approximate surface area is 101 Å². The van der Waals surface area contributed by atoms with Crippen LogP contribution in [0.15, 0.2) is 16.8 Å². The van der Waals surface area contributed by atoms with Crippen molar-refractivity contribution in [1.29, 1.82) is 0 Å². The second kappa shape index (κ2) is 4.61. The lowest BCUT2D eigenvalue weighted by atomic mass is 10.2. The standard InChI is InChI=1S/C10H10ClNOS2/c1-6-4-15-10(12-6)3-8(13)9-2-7(11)5-14-9/h2,4-5,8,13H,3H2,1H3. The molecule has 0 aliphatic heterocycles. The zero-order chi connectivity index (χ0) is 10.8. The smallest absolute Gasteiger partial charge is 0.0957 e. The van der Waals surface area contributed by atoms with Crippen molar-refractivity contribution in [2.45, 2.75) is 19.4 Å². The second-order valence-electron chi connectivity index (χ2n) is 3.27. The Kier molecular flexibility index (Phi) is 3.41. The van der Waals surface area contributed by atoms with Gasteiger partial charge in [-0.05, 0) is 13.0 Å². The number of hydrogen-bond donors (Lipinski definition) is 1. The van der Waals surface area contributed by atoms with Gasteiger partial charge < -0.3 is 5.11 Å². The van der Waals surface area contributed by atoms with Crippen molar-refractivity contribution in [2.24, 2.45) is 0 Å². The molecule has 0 aromatic carbocycles. The third kappa shape index (κ3) is 2.78. The molecule has 0 spiro atoms. The number of hydrogen-bond acceptors (Lipinski definition) is 4. The molecule has 0 bridgehead atoms. The van der Waals surface area contributed by atoms with Crippen LogP contribution < -0.4 is 0 Å². The average molecular weight is 260 g/mol. The van der Waals surface area contributed by atoms with Crippen molar-refractivity contribution in [3.8, 4) is 0 Å². The third-order valence-corrected chi connectivity index (χ3v) is 4.32. The topological polar surface area (TPSA) is 33.1 Å². The molecule has 0 amide bonds. The molecule has 2 heterocycles. The van der Waals surface area contributed by atoms with Crippen LogP contribution in [0.5, 0.6) is 0 Å². The molecule has 0 aliphatic rings. The summed E-state index contributed by atoms with van der Waals surface area (Å²) in [6.45, 7) is 1.95. The van der Waals surface area contributed by atoms with E-state index in [1.54, 1.807) is 17.4 Å². The van der Waals surface area contributed by atoms with Crippen LogP contribution in [0.2, 0.25) is 5.02 Å². The lowest BCUT2D eigenvalue weighted by Gasteiger charge is -2.04. The first kappa shape index (κ1) is 11.1. The van der Waals surface area contributed by atoms with E-state index < -0.39 is 6.10 Å². The van der Waals surface area contributed by atoms with Crippen LogP contribution in [0.4, 0.5) is 0 Å². The summed E-state index contributed by atoms with van der Waals surface area (Å²) in [4.78, 5) is 5.21. The van der Waals surface area contributed by atoms with Crippen molar-refractivity contribution in [2.75, 3.05) is 0 Å². The van der Waals surface area contributed by atoms with E-state index in [-0.39, 0.29) is 0 Å². The monoisotopic (exact) mass is 259 g/mol. The maximum absolute atomic E-state index is 9.91. The third-order valence-electron chi connectivity index (χ3n) is 1.95. The molecular weight excluding hydrogens is 250 g/mol. The molecule has 1 unspecified atom stereocenters. The fourth-order valence-corrected chi connectivity index (χ4v) is 3.14. The molecule has 2 aromatic heterocycles. The Morgan fingerprint density at radius 3 is 2.80 bits per heavy atom. The summed E-state index contributed by atoms with van der Waals surface area (Å²) >= 11 is 8.86. The highest BCUT2D eigenvalue weighted by Gasteiger charge is 2.12. The van der Waals surface area contributed by atoms with Gasteiger partial charge in [-0.1, -0.05) is 11.6 Å². The highest BCUT2D eigenvalue weighted by atomic mass is 35.5. The van der Waals surface area contributed by atoms with E-state index in [4.69, 9.17) is 11.6 Å². The van der Waals surface area contributed by atoms with E-state index in [1.807, 2.05) is 17.7 Å². The van der Waals surface area contributed by atoms with Gasteiger partial charge in [0.15, 0.2) is 0 Å². The zero-order valence-electron chi connectivity index (χ0n) is 8.11. The van der Waals surface area contributed by atoms with E-state index in [1.165, 1.54) is 11.3 Å². The molecule has 15 heavy (non-hydrogen) atoms. The molecular formula is C10H10ClNOS2. The molecule has 0 aliphatic carbocycles. The minimum Gasteiger partial charge on any atom is -0.387 e. The number of nitrogens with zero attached hydrogens (tertiary/aromatic N) is 1. The van der Waals surface area contributed by atoms with E-state index in [2.05, 4.69) is 4.98 Å². The number of aromatic nitrogens is 1. The largest absolute Gasteiger partial charge is 0.387 e. The molecule has 1 atom stereocenters. The Hall–Kier alpha value is -0.420. The van der Waals surface area contributed by atoms with Crippen molar-refractivity contribution in [1.82, 2.24) is 4.98 Å². The number of thiazole rings is 1. The maximum atomic E-state index is 9.91. The lowest BCUT2D eigenvalue weighted by Crippen LogP contribution is -1.98. The van der Waals surface area contributed by atoms with E-state index in [0.29, 0.717) is 11.4 Å². The van der Waals surface area contributed by atoms with Gasteiger partial charge in [0, 0.05) is 27.8 Å². The Bertz CT molecular complexity index is 452. The van der Waals surface area contributed by atoms with Crippen LogP contribution >= 0.6 is 34.3 Å². The predicted octanol–water partition coefficient (Wildman–Crippen LogP) is 3.44. The summed E-state index contributed by atoms with van der Waals surface area (Å²) in [6, 6.07) is 1.80. The van der Waals surface area contributed by atoms with E-state index in [9.17, 15) is 5.11 Å². The summed E-state index contributed by atoms with van der Waals surface area (Å²) in [7, 11) is 0. The average Bonchev–Trinajstić information content (AvgIpc) is 2.75. The highest BCUT2D eigenvalue weighted by molar-refractivity contribution is 7.10. The number of thiophene rings is 1. The molecule has 5 heteroatoms. The molecule has 0 radical (unpaired) electrons. The molecule has 1 N–H and O–H groups in total. The van der Waals surface area contributed by atoms with Crippen LogP contribution in [0.1, 0.15) is 21.7 Å². The molecule has 2 nitrogen and oxygen atoms in total. The minimum absolute atomic E-state index is 0.493. The predicted molar refractivity (Wildman–Crippen MR) is 64.8 cm³/mol. The second-order valence-corrected chi connectivity index (χ2v) is 5.59. The molecule has 0 saturated heterocycles. The number of halogens is 1. The van der Waals surface area contributed by atoms with Gasteiger partial charge in [0.1, 0.15) is 0 Å². The van der Waals surface area contributed by atoms with Crippen molar-refractivity contribution >= 4 is 34.3 Å². The van der Waals surface area contributed by atoms with E-state index >= 15 is 0 Å². The molecule has 0 saturated carbocycles. The number of aliphatic hydroxyl groups is 1. The first-order chi connectivity index (χ1) is 7.15. The Morgan fingerprint density at radius 1 is 1.47 bits per heavy atom. The molecule has 0 fully saturated rings. The lowest BCUT2D eigenvalue weighted by molar-refractivity contribution is 0.182.